The summed E-state index contributed by atoms with van der Waals surface area (Å²) in [6, 6.07) is 7.99. The number of amidine groups is 1. The molecule has 0 aromatic heterocycles. The summed E-state index contributed by atoms with van der Waals surface area (Å²) in [6.45, 7) is 4.14. The van der Waals surface area contributed by atoms with Crippen molar-refractivity contribution < 1.29 is 0 Å². The molecule has 2 unspecified atom stereocenters. The van der Waals surface area contributed by atoms with Crippen LogP contribution in [0.25, 0.3) is 0 Å². The predicted molar refractivity (Wildman–Crippen MR) is 73.6 cm³/mol. The van der Waals surface area contributed by atoms with Gasteiger partial charge in [-0.1, -0.05) is 30.7 Å². The molecule has 0 bridgehead atoms. The average Bonchev–Trinajstić information content (AvgIpc) is 2.29. The average molecular weight is 254 g/mol. The molecule has 3 nitrogen and oxygen atoms in total. The third-order valence-corrected chi connectivity index (χ3v) is 3.45. The van der Waals surface area contributed by atoms with Crippen LogP contribution < -0.4 is 5.73 Å². The van der Waals surface area contributed by atoms with Crippen molar-refractivity contribution in [2.45, 2.75) is 32.4 Å². The van der Waals surface area contributed by atoms with Gasteiger partial charge in [0.2, 0.25) is 0 Å². The number of hydrogen-bond donors (Lipinski definition) is 2. The molecule has 17 heavy (non-hydrogen) atoms. The van der Waals surface area contributed by atoms with Crippen LogP contribution in [0, 0.1) is 5.41 Å². The standard InChI is InChI=1S/C13H20ClN3/c1-4-12(13(15)16)17(3)9(2)10-5-7-11(14)8-6-10/h5-9,12H,4H2,1-3H3,(H3,15,16). The van der Waals surface area contributed by atoms with E-state index in [1.807, 2.05) is 38.2 Å². The maximum atomic E-state index is 7.59. The second-order valence-electron chi connectivity index (χ2n) is 4.27. The summed E-state index contributed by atoms with van der Waals surface area (Å²) in [4.78, 5) is 2.12. The lowest BCUT2D eigenvalue weighted by Gasteiger charge is -2.32. The molecule has 1 rings (SSSR count). The lowest BCUT2D eigenvalue weighted by atomic mass is 10.0. The molecule has 1 aromatic carbocycles. The van der Waals surface area contributed by atoms with E-state index in [1.165, 1.54) is 5.56 Å². The zero-order valence-corrected chi connectivity index (χ0v) is 11.3. The fourth-order valence-corrected chi connectivity index (χ4v) is 2.10. The van der Waals surface area contributed by atoms with Gasteiger partial charge in [-0.05, 0) is 38.1 Å². The Morgan fingerprint density at radius 3 is 2.35 bits per heavy atom. The normalized spacial score (nSPS) is 14.6. The van der Waals surface area contributed by atoms with Gasteiger partial charge < -0.3 is 5.73 Å². The Labute approximate surface area is 108 Å². The Morgan fingerprint density at radius 1 is 1.41 bits per heavy atom. The second-order valence-corrected chi connectivity index (χ2v) is 4.71. The van der Waals surface area contributed by atoms with Gasteiger partial charge in [-0.3, -0.25) is 10.3 Å². The molecule has 2 atom stereocenters. The largest absolute Gasteiger partial charge is 0.386 e. The third-order valence-electron chi connectivity index (χ3n) is 3.20. The highest BCUT2D eigenvalue weighted by Gasteiger charge is 2.21. The number of nitrogens with zero attached hydrogens (tertiary/aromatic N) is 1. The van der Waals surface area contributed by atoms with Crippen molar-refractivity contribution in [1.29, 1.82) is 5.41 Å². The fourth-order valence-electron chi connectivity index (χ4n) is 1.97. The summed E-state index contributed by atoms with van der Waals surface area (Å²) in [5.41, 5.74) is 6.79. The SMILES string of the molecule is CCC(C(=N)N)N(C)C(C)c1ccc(Cl)cc1. The molecule has 0 aliphatic carbocycles. The summed E-state index contributed by atoms with van der Waals surface area (Å²) in [5, 5.41) is 8.33. The first-order chi connectivity index (χ1) is 7.97. The summed E-state index contributed by atoms with van der Waals surface area (Å²) in [5.74, 6) is 0.218. The maximum absolute atomic E-state index is 7.59. The van der Waals surface area contributed by atoms with Crippen LogP contribution in [0.15, 0.2) is 24.3 Å². The van der Waals surface area contributed by atoms with E-state index in [0.29, 0.717) is 0 Å². The van der Waals surface area contributed by atoms with E-state index in [0.717, 1.165) is 11.4 Å². The zero-order valence-electron chi connectivity index (χ0n) is 10.6. The van der Waals surface area contributed by atoms with Gasteiger partial charge in [0.1, 0.15) is 5.84 Å². The first-order valence-electron chi connectivity index (χ1n) is 5.78. The van der Waals surface area contributed by atoms with Gasteiger partial charge in [0.15, 0.2) is 0 Å². The Hall–Kier alpha value is -1.06. The molecular formula is C13H20ClN3. The quantitative estimate of drug-likeness (QED) is 0.626. The van der Waals surface area contributed by atoms with Crippen LogP contribution in [0.2, 0.25) is 5.02 Å². The monoisotopic (exact) mass is 253 g/mol. The van der Waals surface area contributed by atoms with Crippen LogP contribution in [0.5, 0.6) is 0 Å². The van der Waals surface area contributed by atoms with Crippen molar-refractivity contribution in [3.63, 3.8) is 0 Å². The second kappa shape index (κ2) is 6.03. The van der Waals surface area contributed by atoms with E-state index in [1.54, 1.807) is 0 Å². The van der Waals surface area contributed by atoms with Crippen molar-refractivity contribution in [3.8, 4) is 0 Å². The van der Waals surface area contributed by atoms with Gasteiger partial charge >= 0.3 is 0 Å². The number of halogens is 1. The first-order valence-corrected chi connectivity index (χ1v) is 6.16. The Bertz CT molecular complexity index is 375. The smallest absolute Gasteiger partial charge is 0.108 e. The van der Waals surface area contributed by atoms with Gasteiger partial charge in [0.25, 0.3) is 0 Å². The summed E-state index contributed by atoms with van der Waals surface area (Å²) in [6.07, 6.45) is 0.837. The van der Waals surface area contributed by atoms with Gasteiger partial charge in [0, 0.05) is 11.1 Å². The molecule has 0 aliphatic heterocycles. The van der Waals surface area contributed by atoms with Gasteiger partial charge in [0.05, 0.1) is 6.04 Å². The molecule has 0 spiro atoms. The molecule has 3 N–H and O–H groups in total. The number of rotatable bonds is 5. The molecule has 0 fully saturated rings. The van der Waals surface area contributed by atoms with Crippen LogP contribution in [-0.4, -0.2) is 23.8 Å². The minimum atomic E-state index is -0.0133. The lowest BCUT2D eigenvalue weighted by Crippen LogP contribution is -2.42. The summed E-state index contributed by atoms with van der Waals surface area (Å²) < 4.78 is 0. The van der Waals surface area contributed by atoms with Crippen molar-refractivity contribution in [2.24, 2.45) is 5.73 Å². The minimum Gasteiger partial charge on any atom is -0.386 e. The Balaban J connectivity index is 2.84. The molecule has 4 heteroatoms. The molecule has 0 radical (unpaired) electrons. The zero-order chi connectivity index (χ0) is 13.0. The highest BCUT2D eigenvalue weighted by molar-refractivity contribution is 6.30. The summed E-state index contributed by atoms with van der Waals surface area (Å²) >= 11 is 5.87. The van der Waals surface area contributed by atoms with E-state index in [-0.39, 0.29) is 17.9 Å². The highest BCUT2D eigenvalue weighted by atomic mass is 35.5. The van der Waals surface area contributed by atoms with Crippen molar-refractivity contribution in [2.75, 3.05) is 7.05 Å². The molecular weight excluding hydrogens is 234 g/mol. The molecule has 0 saturated carbocycles. The molecule has 0 saturated heterocycles. The molecule has 1 aromatic rings. The fraction of sp³-hybridized carbons (Fsp3) is 0.462. The molecule has 0 heterocycles. The molecule has 0 aliphatic rings. The minimum absolute atomic E-state index is 0.0133. The van der Waals surface area contributed by atoms with Gasteiger partial charge in [-0.15, -0.1) is 0 Å². The Morgan fingerprint density at radius 2 is 1.94 bits per heavy atom. The molecule has 94 valence electrons. The molecule has 0 amide bonds. The maximum Gasteiger partial charge on any atom is 0.108 e. The number of nitrogens with two attached hydrogens (primary N) is 1. The van der Waals surface area contributed by atoms with Crippen molar-refractivity contribution >= 4 is 17.4 Å². The number of nitrogens with one attached hydrogen (secondary N) is 1. The van der Waals surface area contributed by atoms with Gasteiger partial charge in [-0.25, -0.2) is 0 Å². The van der Waals surface area contributed by atoms with Crippen molar-refractivity contribution in [3.05, 3.63) is 34.9 Å². The Kier molecular flexibility index (Phi) is 4.97. The lowest BCUT2D eigenvalue weighted by molar-refractivity contribution is 0.223. The highest BCUT2D eigenvalue weighted by Crippen LogP contribution is 2.23. The number of likely N-dealkylation sites (N-methyl/N-ethyl adjacent to an activating group) is 1. The van der Waals surface area contributed by atoms with Crippen LogP contribution in [-0.2, 0) is 0 Å². The van der Waals surface area contributed by atoms with E-state index >= 15 is 0 Å². The number of benzene rings is 1. The van der Waals surface area contributed by atoms with Crippen LogP contribution >= 0.6 is 11.6 Å². The van der Waals surface area contributed by atoms with E-state index < -0.39 is 0 Å². The predicted octanol–water partition coefficient (Wildman–Crippen LogP) is 3.05. The topological polar surface area (TPSA) is 53.1 Å². The van der Waals surface area contributed by atoms with Crippen molar-refractivity contribution in [1.82, 2.24) is 4.90 Å². The van der Waals surface area contributed by atoms with Crippen LogP contribution in [0.4, 0.5) is 0 Å². The van der Waals surface area contributed by atoms with Gasteiger partial charge in [-0.2, -0.15) is 0 Å². The van der Waals surface area contributed by atoms with Crippen LogP contribution in [0.1, 0.15) is 31.9 Å². The number of hydrogen-bond acceptors (Lipinski definition) is 2. The summed E-state index contributed by atoms with van der Waals surface area (Å²) in [7, 11) is 1.99. The van der Waals surface area contributed by atoms with Crippen LogP contribution in [0.3, 0.4) is 0 Å². The van der Waals surface area contributed by atoms with E-state index in [4.69, 9.17) is 22.7 Å². The van der Waals surface area contributed by atoms with E-state index in [2.05, 4.69) is 11.8 Å². The first kappa shape index (κ1) is 14.0. The third kappa shape index (κ3) is 3.45. The van der Waals surface area contributed by atoms with E-state index in [9.17, 15) is 0 Å².